The molecule has 0 aliphatic carbocycles. The van der Waals surface area contributed by atoms with Crippen molar-refractivity contribution in [2.75, 3.05) is 33.2 Å². The van der Waals surface area contributed by atoms with Crippen molar-refractivity contribution in [1.29, 1.82) is 0 Å². The highest BCUT2D eigenvalue weighted by molar-refractivity contribution is 5.74. The van der Waals surface area contributed by atoms with Crippen LogP contribution in [-0.4, -0.2) is 54.6 Å². The Morgan fingerprint density at radius 1 is 1.22 bits per heavy atom. The van der Waals surface area contributed by atoms with Crippen molar-refractivity contribution in [3.63, 3.8) is 0 Å². The Morgan fingerprint density at radius 3 is 2.44 bits per heavy atom. The summed E-state index contributed by atoms with van der Waals surface area (Å²) in [5.74, 6) is 0.662. The topological polar surface area (TPSA) is 35.6 Å². The third kappa shape index (κ3) is 2.97. The minimum atomic E-state index is 0.214. The molecule has 0 aromatic heterocycles. The molecule has 2 saturated heterocycles. The number of amides is 2. The fourth-order valence-electron chi connectivity index (χ4n) is 3.00. The molecule has 2 rings (SSSR count). The lowest BCUT2D eigenvalue weighted by molar-refractivity contribution is 0.107. The molecule has 2 amide bonds. The van der Waals surface area contributed by atoms with Gasteiger partial charge in [0.15, 0.2) is 0 Å². The molecule has 0 radical (unpaired) electrons. The first-order valence-electron chi connectivity index (χ1n) is 7.27. The van der Waals surface area contributed by atoms with Crippen LogP contribution in [0.2, 0.25) is 0 Å². The molecular weight excluding hydrogens is 226 g/mol. The molecule has 104 valence electrons. The second-order valence-electron chi connectivity index (χ2n) is 6.27. The molecule has 1 atom stereocenters. The summed E-state index contributed by atoms with van der Waals surface area (Å²) in [4.78, 5) is 16.5. The number of nitrogens with one attached hydrogen (secondary N) is 1. The van der Waals surface area contributed by atoms with E-state index in [-0.39, 0.29) is 11.6 Å². The lowest BCUT2D eigenvalue weighted by Gasteiger charge is -2.42. The van der Waals surface area contributed by atoms with Gasteiger partial charge in [0.25, 0.3) is 0 Å². The summed E-state index contributed by atoms with van der Waals surface area (Å²) in [6, 6.07) is 0.264. The van der Waals surface area contributed by atoms with Gasteiger partial charge in [0.2, 0.25) is 0 Å². The fourth-order valence-corrected chi connectivity index (χ4v) is 3.00. The van der Waals surface area contributed by atoms with Crippen LogP contribution in [-0.2, 0) is 0 Å². The van der Waals surface area contributed by atoms with E-state index in [9.17, 15) is 4.79 Å². The molecule has 0 saturated carbocycles. The largest absolute Gasteiger partial charge is 0.325 e. The lowest BCUT2D eigenvalue weighted by atomic mass is 9.90. The van der Waals surface area contributed by atoms with E-state index >= 15 is 0 Å². The zero-order valence-electron chi connectivity index (χ0n) is 12.0. The summed E-state index contributed by atoms with van der Waals surface area (Å²) in [5.41, 5.74) is 0.214. The van der Waals surface area contributed by atoms with Crippen molar-refractivity contribution in [2.24, 2.45) is 5.92 Å². The Bertz CT molecular complexity index is 297. The molecule has 2 aliphatic rings. The third-order valence-corrected chi connectivity index (χ3v) is 4.67. The van der Waals surface area contributed by atoms with Gasteiger partial charge in [0.05, 0.1) is 0 Å². The van der Waals surface area contributed by atoms with Gasteiger partial charge in [0, 0.05) is 31.7 Å². The molecule has 0 aromatic rings. The Morgan fingerprint density at radius 2 is 1.89 bits per heavy atom. The van der Waals surface area contributed by atoms with Crippen LogP contribution < -0.4 is 5.32 Å². The van der Waals surface area contributed by atoms with E-state index < -0.39 is 0 Å². The number of piperidine rings is 2. The predicted octanol–water partition coefficient (Wildman–Crippen LogP) is 1.91. The van der Waals surface area contributed by atoms with Crippen LogP contribution >= 0.6 is 0 Å². The van der Waals surface area contributed by atoms with Crippen molar-refractivity contribution in [1.82, 2.24) is 15.1 Å². The Hall–Kier alpha value is -0.770. The van der Waals surface area contributed by atoms with Crippen LogP contribution in [0.15, 0.2) is 0 Å². The van der Waals surface area contributed by atoms with E-state index in [0.29, 0.717) is 5.92 Å². The number of likely N-dealkylation sites (tertiary alicyclic amines) is 2. The average molecular weight is 253 g/mol. The lowest BCUT2D eigenvalue weighted by Crippen LogP contribution is -2.55. The Kier molecular flexibility index (Phi) is 4.15. The maximum absolute atomic E-state index is 12.4. The van der Waals surface area contributed by atoms with Crippen molar-refractivity contribution < 1.29 is 4.79 Å². The zero-order valence-corrected chi connectivity index (χ0v) is 12.0. The molecular formula is C14H27N3O. The molecule has 0 spiro atoms. The first-order chi connectivity index (χ1) is 8.54. The number of hydrogen-bond donors (Lipinski definition) is 1. The van der Waals surface area contributed by atoms with Crippen molar-refractivity contribution in [3.05, 3.63) is 0 Å². The first-order valence-corrected chi connectivity index (χ1v) is 7.27. The second kappa shape index (κ2) is 5.47. The summed E-state index contributed by atoms with van der Waals surface area (Å²) in [6.45, 7) is 8.16. The minimum absolute atomic E-state index is 0.214. The van der Waals surface area contributed by atoms with Gasteiger partial charge in [-0.05, 0) is 45.6 Å². The van der Waals surface area contributed by atoms with Gasteiger partial charge in [-0.25, -0.2) is 4.79 Å². The van der Waals surface area contributed by atoms with Crippen molar-refractivity contribution >= 4 is 6.03 Å². The number of carbonyl (C=O) groups excluding carboxylic acids is 1. The van der Waals surface area contributed by atoms with Gasteiger partial charge >= 0.3 is 6.03 Å². The van der Waals surface area contributed by atoms with E-state index in [4.69, 9.17) is 0 Å². The zero-order chi connectivity index (χ0) is 13.2. The average Bonchev–Trinajstić information content (AvgIpc) is 2.39. The van der Waals surface area contributed by atoms with Gasteiger partial charge in [0.1, 0.15) is 0 Å². The highest BCUT2D eigenvalue weighted by atomic mass is 16.2. The number of rotatable bonds is 1. The maximum Gasteiger partial charge on any atom is 0.320 e. The Labute approximate surface area is 111 Å². The molecule has 18 heavy (non-hydrogen) atoms. The Balaban J connectivity index is 1.87. The van der Waals surface area contributed by atoms with E-state index in [2.05, 4.69) is 24.1 Å². The summed E-state index contributed by atoms with van der Waals surface area (Å²) in [6.07, 6.45) is 4.54. The third-order valence-electron chi connectivity index (χ3n) is 4.67. The van der Waals surface area contributed by atoms with E-state index in [1.54, 1.807) is 0 Å². The number of carbonyl (C=O) groups is 1. The van der Waals surface area contributed by atoms with Crippen molar-refractivity contribution in [3.8, 4) is 0 Å². The van der Waals surface area contributed by atoms with Gasteiger partial charge in [-0.1, -0.05) is 6.92 Å². The van der Waals surface area contributed by atoms with Crippen molar-refractivity contribution in [2.45, 2.75) is 45.1 Å². The molecule has 1 N–H and O–H groups in total. The van der Waals surface area contributed by atoms with Crippen LogP contribution in [0.1, 0.15) is 39.5 Å². The predicted molar refractivity (Wildman–Crippen MR) is 73.6 cm³/mol. The molecule has 0 bridgehead atoms. The van der Waals surface area contributed by atoms with Gasteiger partial charge < -0.3 is 15.1 Å². The number of hydrogen-bond acceptors (Lipinski definition) is 2. The van der Waals surface area contributed by atoms with E-state index in [1.165, 1.54) is 6.42 Å². The number of urea groups is 1. The van der Waals surface area contributed by atoms with Crippen LogP contribution in [0.3, 0.4) is 0 Å². The maximum atomic E-state index is 12.4. The van der Waals surface area contributed by atoms with E-state index in [1.807, 2.05) is 11.9 Å². The smallest absolute Gasteiger partial charge is 0.320 e. The summed E-state index contributed by atoms with van der Waals surface area (Å²) >= 11 is 0. The molecule has 4 nitrogen and oxygen atoms in total. The van der Waals surface area contributed by atoms with Crippen LogP contribution in [0, 0.1) is 5.92 Å². The first kappa shape index (κ1) is 13.7. The normalized spacial score (nSPS) is 28.3. The summed E-state index contributed by atoms with van der Waals surface area (Å²) in [5, 5.41) is 3.37. The highest BCUT2D eigenvalue weighted by Gasteiger charge is 2.32. The summed E-state index contributed by atoms with van der Waals surface area (Å²) in [7, 11) is 2.02. The minimum Gasteiger partial charge on any atom is -0.325 e. The molecule has 2 fully saturated rings. The fraction of sp³-hybridized carbons (Fsp3) is 0.929. The van der Waals surface area contributed by atoms with Crippen LogP contribution in [0.25, 0.3) is 0 Å². The van der Waals surface area contributed by atoms with Gasteiger partial charge in [-0.3, -0.25) is 0 Å². The van der Waals surface area contributed by atoms with Gasteiger partial charge in [-0.2, -0.15) is 0 Å². The molecule has 0 aromatic carbocycles. The van der Waals surface area contributed by atoms with Crippen LogP contribution in [0.4, 0.5) is 4.79 Å². The van der Waals surface area contributed by atoms with Crippen LogP contribution in [0.5, 0.6) is 0 Å². The van der Waals surface area contributed by atoms with E-state index in [0.717, 1.165) is 45.4 Å². The quantitative estimate of drug-likeness (QED) is 0.775. The molecule has 4 heteroatoms. The monoisotopic (exact) mass is 253 g/mol. The molecule has 1 unspecified atom stereocenters. The molecule has 2 heterocycles. The second-order valence-corrected chi connectivity index (χ2v) is 6.27. The highest BCUT2D eigenvalue weighted by Crippen LogP contribution is 2.23. The van der Waals surface area contributed by atoms with Gasteiger partial charge in [-0.15, -0.1) is 0 Å². The standard InChI is InChI=1S/C14H27N3O/c1-12-5-4-8-17(11-12)13(18)16-9-6-14(2,15-3)7-10-16/h12,15H,4-11H2,1-3H3. The SMILES string of the molecule is CNC1(C)CCN(C(=O)N2CCCC(C)C2)CC1. The number of nitrogens with zero attached hydrogens (tertiary/aromatic N) is 2. The summed E-state index contributed by atoms with van der Waals surface area (Å²) < 4.78 is 0. The molecule has 2 aliphatic heterocycles.